The zero-order chi connectivity index (χ0) is 12.0. The van der Waals surface area contributed by atoms with E-state index in [0.717, 1.165) is 0 Å². The number of hydrogen-bond acceptors (Lipinski definition) is 2. The molecule has 1 N–H and O–H groups in total. The lowest BCUT2D eigenvalue weighted by molar-refractivity contribution is -0.142. The molecule has 5 heteroatoms. The Bertz CT molecular complexity index is 427. The number of halogens is 2. The van der Waals surface area contributed by atoms with Gasteiger partial charge in [0.25, 0.3) is 5.92 Å². The molecular formula is C11H10F2O3. The third-order valence-corrected chi connectivity index (χ3v) is 2.93. The van der Waals surface area contributed by atoms with Crippen molar-refractivity contribution in [3.05, 3.63) is 29.8 Å². The van der Waals surface area contributed by atoms with Gasteiger partial charge in [0.1, 0.15) is 5.75 Å². The Morgan fingerprint density at radius 3 is 2.19 bits per heavy atom. The highest BCUT2D eigenvalue weighted by Gasteiger charge is 2.77. The molecule has 3 nitrogen and oxygen atoms in total. The van der Waals surface area contributed by atoms with E-state index in [0.29, 0.717) is 5.75 Å². The van der Waals surface area contributed by atoms with Crippen molar-refractivity contribution in [2.24, 2.45) is 0 Å². The van der Waals surface area contributed by atoms with Gasteiger partial charge in [-0.25, -0.2) is 8.78 Å². The van der Waals surface area contributed by atoms with Crippen molar-refractivity contribution in [1.82, 2.24) is 0 Å². The molecule has 0 heterocycles. The van der Waals surface area contributed by atoms with E-state index in [-0.39, 0.29) is 5.56 Å². The van der Waals surface area contributed by atoms with Crippen LogP contribution >= 0.6 is 0 Å². The second-order valence-corrected chi connectivity index (χ2v) is 3.82. The summed E-state index contributed by atoms with van der Waals surface area (Å²) in [6.45, 7) is 0. The van der Waals surface area contributed by atoms with Gasteiger partial charge in [-0.15, -0.1) is 0 Å². The Morgan fingerprint density at radius 1 is 1.38 bits per heavy atom. The summed E-state index contributed by atoms with van der Waals surface area (Å²) in [5, 5.41) is 8.91. The molecule has 0 radical (unpaired) electrons. The van der Waals surface area contributed by atoms with Crippen molar-refractivity contribution in [3.63, 3.8) is 0 Å². The molecule has 1 aromatic carbocycles. The lowest BCUT2D eigenvalue weighted by atomic mass is 9.95. The van der Waals surface area contributed by atoms with Crippen LogP contribution in [0.25, 0.3) is 0 Å². The molecule has 86 valence electrons. The molecule has 1 aliphatic carbocycles. The number of aliphatic carboxylic acids is 1. The van der Waals surface area contributed by atoms with Gasteiger partial charge in [0, 0.05) is 6.42 Å². The number of benzene rings is 1. The lowest BCUT2D eigenvalue weighted by Crippen LogP contribution is -2.26. The molecule has 2 rings (SSSR count). The molecule has 0 aromatic heterocycles. The monoisotopic (exact) mass is 228 g/mol. The van der Waals surface area contributed by atoms with E-state index in [1.165, 1.54) is 31.4 Å². The second kappa shape index (κ2) is 3.17. The van der Waals surface area contributed by atoms with E-state index in [9.17, 15) is 13.6 Å². The molecule has 1 saturated carbocycles. The van der Waals surface area contributed by atoms with Crippen LogP contribution in [0.4, 0.5) is 8.78 Å². The fourth-order valence-electron chi connectivity index (χ4n) is 1.83. The second-order valence-electron chi connectivity index (χ2n) is 3.82. The van der Waals surface area contributed by atoms with E-state index in [2.05, 4.69) is 0 Å². The molecule has 0 amide bonds. The first-order chi connectivity index (χ1) is 7.44. The van der Waals surface area contributed by atoms with E-state index in [4.69, 9.17) is 9.84 Å². The smallest absolute Gasteiger partial charge is 0.320 e. The number of rotatable bonds is 3. The molecule has 1 aromatic rings. The first-order valence-corrected chi connectivity index (χ1v) is 4.70. The maximum Gasteiger partial charge on any atom is 0.320 e. The fraction of sp³-hybridized carbons (Fsp3) is 0.364. The first kappa shape index (κ1) is 10.9. The standard InChI is InChI=1S/C11H10F2O3/c1-16-8-4-2-7(3-5-8)10(9(14)15)6-11(10,12)13/h2-5H,6H2,1H3,(H,14,15). The van der Waals surface area contributed by atoms with Gasteiger partial charge in [0.05, 0.1) is 7.11 Å². The zero-order valence-electron chi connectivity index (χ0n) is 8.54. The Morgan fingerprint density at radius 2 is 1.88 bits per heavy atom. The average Bonchev–Trinajstić information content (AvgIpc) is 2.84. The van der Waals surface area contributed by atoms with Crippen LogP contribution in [0.1, 0.15) is 12.0 Å². The number of alkyl halides is 2. The van der Waals surface area contributed by atoms with Gasteiger partial charge in [-0.3, -0.25) is 4.79 Å². The van der Waals surface area contributed by atoms with Crippen LogP contribution in [0.5, 0.6) is 5.75 Å². The Labute approximate surface area is 90.7 Å². The third kappa shape index (κ3) is 1.27. The predicted octanol–water partition coefficient (Wildman–Crippen LogP) is 2.06. The first-order valence-electron chi connectivity index (χ1n) is 4.70. The van der Waals surface area contributed by atoms with Gasteiger partial charge in [0.15, 0.2) is 5.41 Å². The van der Waals surface area contributed by atoms with Crippen molar-refractivity contribution in [3.8, 4) is 5.75 Å². The van der Waals surface area contributed by atoms with Gasteiger partial charge in [-0.1, -0.05) is 12.1 Å². The van der Waals surface area contributed by atoms with Crippen molar-refractivity contribution in [2.75, 3.05) is 7.11 Å². The van der Waals surface area contributed by atoms with Gasteiger partial charge < -0.3 is 9.84 Å². The summed E-state index contributed by atoms with van der Waals surface area (Å²) in [5.41, 5.74) is -1.93. The Hall–Kier alpha value is -1.65. The number of ether oxygens (including phenoxy) is 1. The van der Waals surface area contributed by atoms with Crippen molar-refractivity contribution in [1.29, 1.82) is 0 Å². The summed E-state index contributed by atoms with van der Waals surface area (Å²) < 4.78 is 31.2. The van der Waals surface area contributed by atoms with Gasteiger partial charge in [-0.2, -0.15) is 0 Å². The van der Waals surface area contributed by atoms with Crippen LogP contribution in [0.3, 0.4) is 0 Å². The number of carboxylic acids is 1. The summed E-state index contributed by atoms with van der Waals surface area (Å²) in [4.78, 5) is 10.9. The number of carbonyl (C=O) groups is 1. The fourth-order valence-corrected chi connectivity index (χ4v) is 1.83. The van der Waals surface area contributed by atoms with Gasteiger partial charge >= 0.3 is 5.97 Å². The lowest BCUT2D eigenvalue weighted by Gasteiger charge is -2.11. The summed E-state index contributed by atoms with van der Waals surface area (Å²) in [6, 6.07) is 5.70. The molecule has 1 fully saturated rings. The van der Waals surface area contributed by atoms with Crippen LogP contribution in [0, 0.1) is 0 Å². The Balaban J connectivity index is 2.39. The molecule has 0 aliphatic heterocycles. The van der Waals surface area contributed by atoms with Crippen LogP contribution in [0.2, 0.25) is 0 Å². The quantitative estimate of drug-likeness (QED) is 0.861. The average molecular weight is 228 g/mol. The highest BCUT2D eigenvalue weighted by atomic mass is 19.3. The van der Waals surface area contributed by atoms with Crippen LogP contribution < -0.4 is 4.74 Å². The van der Waals surface area contributed by atoms with E-state index in [1.807, 2.05) is 0 Å². The minimum atomic E-state index is -3.16. The largest absolute Gasteiger partial charge is 0.497 e. The molecule has 1 aliphatic rings. The molecule has 1 atom stereocenters. The minimum absolute atomic E-state index is 0.116. The summed E-state index contributed by atoms with van der Waals surface area (Å²) in [7, 11) is 1.45. The van der Waals surface area contributed by atoms with Crippen molar-refractivity contribution in [2.45, 2.75) is 17.8 Å². The number of carboxylic acid groups (broad SMARTS) is 1. The van der Waals surface area contributed by atoms with Crippen molar-refractivity contribution < 1.29 is 23.4 Å². The topological polar surface area (TPSA) is 46.5 Å². The summed E-state index contributed by atoms with van der Waals surface area (Å²) in [6.07, 6.45) is -0.637. The maximum atomic E-state index is 13.2. The predicted molar refractivity (Wildman–Crippen MR) is 51.9 cm³/mol. The molecule has 16 heavy (non-hydrogen) atoms. The summed E-state index contributed by atoms with van der Waals surface area (Å²) >= 11 is 0. The molecular weight excluding hydrogens is 218 g/mol. The zero-order valence-corrected chi connectivity index (χ0v) is 8.54. The summed E-state index contributed by atoms with van der Waals surface area (Å²) in [5.74, 6) is -4.14. The normalized spacial score (nSPS) is 26.2. The van der Waals surface area contributed by atoms with E-state index < -0.39 is 23.7 Å². The molecule has 0 bridgehead atoms. The molecule has 0 spiro atoms. The highest BCUT2D eigenvalue weighted by molar-refractivity contribution is 5.87. The van der Waals surface area contributed by atoms with Crippen molar-refractivity contribution >= 4 is 5.97 Å². The minimum Gasteiger partial charge on any atom is -0.497 e. The molecule has 0 saturated heterocycles. The third-order valence-electron chi connectivity index (χ3n) is 2.93. The highest BCUT2D eigenvalue weighted by Crippen LogP contribution is 2.61. The maximum absolute atomic E-state index is 13.2. The van der Waals surface area contributed by atoms with Gasteiger partial charge in [0.2, 0.25) is 0 Å². The van der Waals surface area contributed by atoms with Crippen LogP contribution in [0.15, 0.2) is 24.3 Å². The van der Waals surface area contributed by atoms with Crippen LogP contribution in [-0.2, 0) is 10.2 Å². The number of hydrogen-bond donors (Lipinski definition) is 1. The SMILES string of the molecule is COc1ccc(C2(C(=O)O)CC2(F)F)cc1. The van der Waals surface area contributed by atoms with Gasteiger partial charge in [-0.05, 0) is 17.7 Å². The van der Waals surface area contributed by atoms with Crippen LogP contribution in [-0.4, -0.2) is 24.1 Å². The van der Waals surface area contributed by atoms with E-state index >= 15 is 0 Å². The Kier molecular flexibility index (Phi) is 2.15. The number of methoxy groups -OCH3 is 1. The molecule has 1 unspecified atom stereocenters. The van der Waals surface area contributed by atoms with E-state index in [1.54, 1.807) is 0 Å².